The van der Waals surface area contributed by atoms with Crippen LogP contribution in [0.15, 0.2) is 18.3 Å². The Morgan fingerprint density at radius 2 is 1.72 bits per heavy atom. The fourth-order valence-corrected chi connectivity index (χ4v) is 5.15. The molecule has 3 aliphatic rings. The van der Waals surface area contributed by atoms with Crippen molar-refractivity contribution in [3.05, 3.63) is 29.6 Å². The molecule has 2 aromatic rings. The average molecular weight is 401 g/mol. The summed E-state index contributed by atoms with van der Waals surface area (Å²) in [6.07, 6.45) is 2.27. The first-order valence-corrected chi connectivity index (χ1v) is 9.31. The molecule has 8 heteroatoms. The van der Waals surface area contributed by atoms with Crippen LogP contribution in [0.25, 0.3) is 16.3 Å². The minimum absolute atomic E-state index is 0.241. The SMILES string of the molecule is COc1c(OC)c2c3c(nccc3c1OC)[C@]13CC(OC)(OC)[C@H](O)[C@H](C=C21)O3. The Bertz CT molecular complexity index is 1050. The molecule has 29 heavy (non-hydrogen) atoms. The normalized spacial score (nSPS) is 28.3. The number of nitrogens with zero attached hydrogens (tertiary/aromatic N) is 1. The van der Waals surface area contributed by atoms with Crippen molar-refractivity contribution in [2.45, 2.75) is 30.0 Å². The molecule has 3 heterocycles. The van der Waals surface area contributed by atoms with Crippen LogP contribution in [0.4, 0.5) is 0 Å². The van der Waals surface area contributed by atoms with Crippen LogP contribution in [0.1, 0.15) is 17.7 Å². The fourth-order valence-electron chi connectivity index (χ4n) is 5.15. The van der Waals surface area contributed by atoms with Crippen LogP contribution in [-0.4, -0.2) is 63.6 Å². The molecule has 1 saturated heterocycles. The minimum Gasteiger partial charge on any atom is -0.492 e. The standard InChI is InChI=1S/C21H23NO7/c1-24-15-10-6-7-22-18-13(10)14(16(25-2)17(15)26-3)11-8-12-19(23)21(27-4,28-5)9-20(11,18)29-12/h6-8,12,19,23H,9H2,1-5H3/t12-,19+,20-/m0/s1. The summed E-state index contributed by atoms with van der Waals surface area (Å²) in [5.41, 5.74) is 1.50. The molecular formula is C21H23NO7. The zero-order valence-electron chi connectivity index (χ0n) is 16.9. The minimum atomic E-state index is -1.23. The number of aromatic nitrogens is 1. The van der Waals surface area contributed by atoms with Crippen LogP contribution in [0.2, 0.25) is 0 Å². The van der Waals surface area contributed by atoms with Crippen molar-refractivity contribution in [2.24, 2.45) is 0 Å². The molecule has 3 atom stereocenters. The predicted molar refractivity (Wildman–Crippen MR) is 103 cm³/mol. The summed E-state index contributed by atoms with van der Waals surface area (Å²) in [5.74, 6) is 0.384. The molecule has 1 aromatic heterocycles. The summed E-state index contributed by atoms with van der Waals surface area (Å²) in [6.45, 7) is 0. The number of ether oxygens (including phenoxy) is 6. The van der Waals surface area contributed by atoms with Crippen LogP contribution in [0.3, 0.4) is 0 Å². The maximum absolute atomic E-state index is 10.9. The highest BCUT2D eigenvalue weighted by molar-refractivity contribution is 6.10. The van der Waals surface area contributed by atoms with E-state index in [1.54, 1.807) is 27.5 Å². The van der Waals surface area contributed by atoms with Crippen molar-refractivity contribution in [2.75, 3.05) is 35.5 Å². The predicted octanol–water partition coefficient (Wildman–Crippen LogP) is 2.01. The lowest BCUT2D eigenvalue weighted by molar-refractivity contribution is -0.326. The van der Waals surface area contributed by atoms with Gasteiger partial charge in [0.05, 0.1) is 27.0 Å². The van der Waals surface area contributed by atoms with Gasteiger partial charge < -0.3 is 33.5 Å². The topological polar surface area (TPSA) is 88.5 Å². The van der Waals surface area contributed by atoms with Crippen molar-refractivity contribution in [1.29, 1.82) is 0 Å². The number of benzene rings is 1. The van der Waals surface area contributed by atoms with Crippen LogP contribution in [0, 0.1) is 0 Å². The van der Waals surface area contributed by atoms with Gasteiger partial charge in [-0.25, -0.2) is 0 Å². The first kappa shape index (κ1) is 18.6. The van der Waals surface area contributed by atoms with E-state index in [9.17, 15) is 5.11 Å². The molecule has 1 aromatic carbocycles. The van der Waals surface area contributed by atoms with Crippen LogP contribution in [0.5, 0.6) is 17.2 Å². The van der Waals surface area contributed by atoms with Gasteiger partial charge in [0.1, 0.15) is 17.8 Å². The van der Waals surface area contributed by atoms with Crippen molar-refractivity contribution in [3.63, 3.8) is 0 Å². The van der Waals surface area contributed by atoms with Crippen molar-refractivity contribution < 1.29 is 33.5 Å². The van der Waals surface area contributed by atoms with Crippen molar-refractivity contribution in [1.82, 2.24) is 4.98 Å². The van der Waals surface area contributed by atoms with E-state index in [4.69, 9.17) is 28.4 Å². The molecule has 0 unspecified atom stereocenters. The lowest BCUT2D eigenvalue weighted by atomic mass is 9.84. The Balaban J connectivity index is 1.88. The molecule has 154 valence electrons. The highest BCUT2D eigenvalue weighted by Gasteiger charge is 2.65. The molecule has 2 aliphatic heterocycles. The van der Waals surface area contributed by atoms with E-state index in [2.05, 4.69) is 4.98 Å². The first-order chi connectivity index (χ1) is 14.0. The van der Waals surface area contributed by atoms with Crippen LogP contribution in [-0.2, 0) is 19.8 Å². The summed E-state index contributed by atoms with van der Waals surface area (Å²) < 4.78 is 34.8. The molecule has 1 spiro atoms. The van der Waals surface area contributed by atoms with Gasteiger partial charge in [-0.05, 0) is 12.1 Å². The number of hydrogen-bond acceptors (Lipinski definition) is 8. The molecule has 0 saturated carbocycles. The highest BCUT2D eigenvalue weighted by atomic mass is 16.7. The largest absolute Gasteiger partial charge is 0.492 e. The Hall–Kier alpha value is -2.39. The molecule has 5 rings (SSSR count). The van der Waals surface area contributed by atoms with Gasteiger partial charge >= 0.3 is 0 Å². The number of aliphatic hydroxyl groups excluding tert-OH is 1. The number of pyridine rings is 1. The zero-order valence-corrected chi connectivity index (χ0v) is 16.9. The van der Waals surface area contributed by atoms with Crippen LogP contribution >= 0.6 is 0 Å². The number of hydrogen-bond donors (Lipinski definition) is 1. The van der Waals surface area contributed by atoms with E-state index in [1.807, 2.05) is 12.1 Å². The lowest BCUT2D eigenvalue weighted by Gasteiger charge is -2.47. The Labute approximate surface area is 167 Å². The van der Waals surface area contributed by atoms with Gasteiger partial charge in [-0.1, -0.05) is 0 Å². The quantitative estimate of drug-likeness (QED) is 0.762. The van der Waals surface area contributed by atoms with Gasteiger partial charge in [-0.3, -0.25) is 4.98 Å². The third kappa shape index (κ3) is 1.99. The van der Waals surface area contributed by atoms with Gasteiger partial charge in [0.15, 0.2) is 17.3 Å². The second-order valence-corrected chi connectivity index (χ2v) is 7.39. The summed E-state index contributed by atoms with van der Waals surface area (Å²) in [5, 5.41) is 12.6. The zero-order chi connectivity index (χ0) is 20.6. The molecule has 0 amide bonds. The fraction of sp³-hybridized carbons (Fsp3) is 0.476. The smallest absolute Gasteiger partial charge is 0.204 e. The van der Waals surface area contributed by atoms with Gasteiger partial charge in [0.2, 0.25) is 5.75 Å². The van der Waals surface area contributed by atoms with Crippen molar-refractivity contribution in [3.8, 4) is 17.2 Å². The third-order valence-electron chi connectivity index (χ3n) is 6.40. The van der Waals surface area contributed by atoms with Gasteiger partial charge in [-0.15, -0.1) is 0 Å². The van der Waals surface area contributed by atoms with E-state index < -0.39 is 23.6 Å². The summed E-state index contributed by atoms with van der Waals surface area (Å²) in [4.78, 5) is 4.69. The highest BCUT2D eigenvalue weighted by Crippen LogP contribution is 2.65. The molecule has 8 nitrogen and oxygen atoms in total. The van der Waals surface area contributed by atoms with E-state index >= 15 is 0 Å². The van der Waals surface area contributed by atoms with Gasteiger partial charge in [0, 0.05) is 48.7 Å². The molecule has 1 aliphatic carbocycles. The monoisotopic (exact) mass is 401 g/mol. The maximum atomic E-state index is 10.9. The van der Waals surface area contributed by atoms with E-state index in [1.165, 1.54) is 14.2 Å². The third-order valence-corrected chi connectivity index (χ3v) is 6.40. The molecule has 0 radical (unpaired) electrons. The van der Waals surface area contributed by atoms with E-state index in [-0.39, 0.29) is 6.42 Å². The summed E-state index contributed by atoms with van der Waals surface area (Å²) >= 11 is 0. The molecule has 1 fully saturated rings. The molecular weight excluding hydrogens is 378 g/mol. The van der Waals surface area contributed by atoms with E-state index in [0.717, 1.165) is 27.6 Å². The second kappa shape index (κ2) is 6.06. The number of aliphatic hydroxyl groups is 1. The van der Waals surface area contributed by atoms with Crippen LogP contribution < -0.4 is 14.2 Å². The summed E-state index contributed by atoms with van der Waals surface area (Å²) in [6, 6.07) is 1.89. The lowest BCUT2D eigenvalue weighted by Crippen LogP contribution is -2.59. The van der Waals surface area contributed by atoms with Gasteiger partial charge in [0.25, 0.3) is 0 Å². The summed E-state index contributed by atoms with van der Waals surface area (Å²) in [7, 11) is 7.81. The van der Waals surface area contributed by atoms with Gasteiger partial charge in [-0.2, -0.15) is 0 Å². The number of methoxy groups -OCH3 is 5. The van der Waals surface area contributed by atoms with E-state index in [0.29, 0.717) is 17.2 Å². The number of rotatable bonds is 5. The first-order valence-electron chi connectivity index (χ1n) is 9.31. The Morgan fingerprint density at radius 1 is 1.03 bits per heavy atom. The van der Waals surface area contributed by atoms with Crippen molar-refractivity contribution >= 4 is 16.3 Å². The number of fused-ring (bicyclic) bond motifs is 2. The molecule has 1 N–H and O–H groups in total. The molecule has 2 bridgehead atoms. The Kier molecular flexibility index (Phi) is 3.89. The second-order valence-electron chi connectivity index (χ2n) is 7.39. The maximum Gasteiger partial charge on any atom is 0.204 e. The Morgan fingerprint density at radius 3 is 2.34 bits per heavy atom. The average Bonchev–Trinajstić information content (AvgIpc) is 3.21.